The maximum absolute atomic E-state index is 14.0. The van der Waals surface area contributed by atoms with Crippen LogP contribution in [0.3, 0.4) is 0 Å². The molecule has 0 radical (unpaired) electrons. The molecule has 2 aliphatic heterocycles. The van der Waals surface area contributed by atoms with Crippen molar-refractivity contribution < 1.29 is 29.4 Å². The highest BCUT2D eigenvalue weighted by Crippen LogP contribution is 2.35. The number of hydrogen-bond donors (Lipinski definition) is 2. The molecule has 2 heterocycles. The van der Waals surface area contributed by atoms with Crippen molar-refractivity contribution in [2.45, 2.75) is 20.8 Å². The number of aromatic carboxylic acids is 2. The molecule has 3 aromatic rings. The van der Waals surface area contributed by atoms with Gasteiger partial charge in [-0.1, -0.05) is 12.1 Å². The quantitative estimate of drug-likeness (QED) is 0.402. The predicted octanol–water partition coefficient (Wildman–Crippen LogP) is 4.73. The van der Waals surface area contributed by atoms with Crippen LogP contribution in [0.2, 0.25) is 0 Å². The van der Waals surface area contributed by atoms with E-state index in [0.717, 1.165) is 28.7 Å². The maximum Gasteiger partial charge on any atom is 0.335 e. The highest BCUT2D eigenvalue weighted by Gasteiger charge is 2.45. The highest BCUT2D eigenvalue weighted by molar-refractivity contribution is 6.61. The number of amides is 2. The van der Waals surface area contributed by atoms with Crippen molar-refractivity contribution in [3.05, 3.63) is 95.1 Å². The Morgan fingerprint density at radius 2 is 1.40 bits per heavy atom. The molecule has 3 aromatic carbocycles. The SMILES string of the molecule is CCN(CC)c1ccc(N=C2C(=O)N(c3cccc(C(=O)O)c3)C3=NN(c4cccc(C(=O)O)c4)C(=O)C3=C2C)cc1. The predicted molar refractivity (Wildman–Crippen MR) is 159 cm³/mol. The molecule has 0 atom stereocenters. The van der Waals surface area contributed by atoms with Gasteiger partial charge in [-0.2, -0.15) is 5.01 Å². The second-order valence-electron chi connectivity index (χ2n) is 9.54. The van der Waals surface area contributed by atoms with Crippen molar-refractivity contribution in [1.29, 1.82) is 0 Å². The Bertz CT molecular complexity index is 1720. The lowest BCUT2D eigenvalue weighted by Gasteiger charge is -2.28. The van der Waals surface area contributed by atoms with Crippen LogP contribution < -0.4 is 14.8 Å². The highest BCUT2D eigenvalue weighted by atomic mass is 16.4. The van der Waals surface area contributed by atoms with E-state index in [-0.39, 0.29) is 39.6 Å². The number of carboxylic acid groups (broad SMARTS) is 2. The van der Waals surface area contributed by atoms with Crippen LogP contribution in [0.25, 0.3) is 0 Å². The molecule has 2 aliphatic rings. The average Bonchev–Trinajstić information content (AvgIpc) is 3.33. The van der Waals surface area contributed by atoms with Crippen LogP contribution in [0.1, 0.15) is 41.5 Å². The monoisotopic (exact) mass is 565 g/mol. The molecule has 11 heteroatoms. The minimum Gasteiger partial charge on any atom is -0.478 e. The summed E-state index contributed by atoms with van der Waals surface area (Å²) in [7, 11) is 0. The van der Waals surface area contributed by atoms with Crippen LogP contribution in [0.4, 0.5) is 22.7 Å². The van der Waals surface area contributed by atoms with Crippen LogP contribution in [0.5, 0.6) is 0 Å². The number of hydrazone groups is 1. The Morgan fingerprint density at radius 1 is 0.833 bits per heavy atom. The number of carbonyl (C=O) groups excluding carboxylic acids is 2. The Morgan fingerprint density at radius 3 is 1.98 bits per heavy atom. The number of carbonyl (C=O) groups is 4. The lowest BCUT2D eigenvalue weighted by atomic mass is 9.96. The maximum atomic E-state index is 14.0. The summed E-state index contributed by atoms with van der Waals surface area (Å²) in [5, 5.41) is 24.5. The van der Waals surface area contributed by atoms with E-state index in [1.165, 1.54) is 42.5 Å². The van der Waals surface area contributed by atoms with Gasteiger partial charge in [0, 0.05) is 18.8 Å². The van der Waals surface area contributed by atoms with Crippen molar-refractivity contribution in [1.82, 2.24) is 0 Å². The van der Waals surface area contributed by atoms with Crippen molar-refractivity contribution in [3.8, 4) is 0 Å². The summed E-state index contributed by atoms with van der Waals surface area (Å²) >= 11 is 0. The molecule has 0 bridgehead atoms. The molecule has 2 N–H and O–H groups in total. The third-order valence-electron chi connectivity index (χ3n) is 7.08. The molecule has 42 heavy (non-hydrogen) atoms. The largest absolute Gasteiger partial charge is 0.478 e. The van der Waals surface area contributed by atoms with Gasteiger partial charge in [-0.05, 0) is 87.0 Å². The lowest BCUT2D eigenvalue weighted by Crippen LogP contribution is -2.47. The van der Waals surface area contributed by atoms with Crippen LogP contribution in [-0.2, 0) is 9.59 Å². The molecule has 212 valence electrons. The first kappa shape index (κ1) is 28.0. The van der Waals surface area contributed by atoms with E-state index in [4.69, 9.17) is 0 Å². The zero-order valence-corrected chi connectivity index (χ0v) is 23.1. The van der Waals surface area contributed by atoms with Gasteiger partial charge < -0.3 is 15.1 Å². The summed E-state index contributed by atoms with van der Waals surface area (Å²) < 4.78 is 0. The molecule has 0 unspecified atom stereocenters. The summed E-state index contributed by atoms with van der Waals surface area (Å²) in [5.74, 6) is -3.55. The molecule has 5 rings (SSSR count). The topological polar surface area (TPSA) is 143 Å². The molecule has 0 saturated carbocycles. The number of aliphatic imine (C=N–C) groups is 1. The van der Waals surface area contributed by atoms with E-state index in [0.29, 0.717) is 11.3 Å². The minimum atomic E-state index is -1.19. The first-order chi connectivity index (χ1) is 20.1. The zero-order valence-electron chi connectivity index (χ0n) is 23.1. The van der Waals surface area contributed by atoms with Crippen LogP contribution >= 0.6 is 0 Å². The normalized spacial score (nSPS) is 15.7. The van der Waals surface area contributed by atoms with Crippen molar-refractivity contribution in [3.63, 3.8) is 0 Å². The van der Waals surface area contributed by atoms with Gasteiger partial charge in [-0.3, -0.25) is 14.5 Å². The number of hydrogen-bond acceptors (Lipinski definition) is 7. The smallest absolute Gasteiger partial charge is 0.335 e. The van der Waals surface area contributed by atoms with Crippen LogP contribution in [-0.4, -0.2) is 58.6 Å². The summed E-state index contributed by atoms with van der Waals surface area (Å²) in [6.07, 6.45) is 0. The fraction of sp³-hybridized carbons (Fsp3) is 0.161. The van der Waals surface area contributed by atoms with Crippen molar-refractivity contribution in [2.24, 2.45) is 10.1 Å². The molecular weight excluding hydrogens is 538 g/mol. The number of carboxylic acids is 2. The number of benzene rings is 3. The summed E-state index contributed by atoms with van der Waals surface area (Å²) in [6.45, 7) is 7.37. The number of nitrogens with zero attached hydrogens (tertiary/aromatic N) is 5. The Kier molecular flexibility index (Phi) is 7.41. The lowest BCUT2D eigenvalue weighted by molar-refractivity contribution is -0.114. The third-order valence-corrected chi connectivity index (χ3v) is 7.08. The second kappa shape index (κ2) is 11.1. The summed E-state index contributed by atoms with van der Waals surface area (Å²) in [6, 6.07) is 18.8. The Labute approximate surface area is 241 Å². The molecule has 0 saturated heterocycles. The van der Waals surface area contributed by atoms with Gasteiger partial charge in [0.15, 0.2) is 5.84 Å². The molecule has 0 fully saturated rings. The third kappa shape index (κ3) is 4.92. The first-order valence-corrected chi connectivity index (χ1v) is 13.2. The van der Waals surface area contributed by atoms with E-state index < -0.39 is 23.8 Å². The standard InChI is InChI=1S/C31H27N5O6/c1-4-34(5-2)22-14-12-21(13-15-22)32-26-18(3)25-27(35(29(26)38)23-10-6-8-19(16-23)30(39)40)33-36(28(25)37)24-11-7-9-20(17-24)31(41)42/h6-17H,4-5H2,1-3H3,(H,39,40)(H,41,42). The van der Waals surface area contributed by atoms with E-state index in [1.807, 2.05) is 12.1 Å². The van der Waals surface area contributed by atoms with Gasteiger partial charge in [-0.15, -0.1) is 5.10 Å². The first-order valence-electron chi connectivity index (χ1n) is 13.2. The van der Waals surface area contributed by atoms with E-state index in [9.17, 15) is 29.4 Å². The zero-order chi connectivity index (χ0) is 30.1. The second-order valence-corrected chi connectivity index (χ2v) is 9.54. The van der Waals surface area contributed by atoms with Gasteiger partial charge in [0.1, 0.15) is 5.71 Å². The van der Waals surface area contributed by atoms with Crippen LogP contribution in [0, 0.1) is 0 Å². The Balaban J connectivity index is 1.67. The fourth-order valence-electron chi connectivity index (χ4n) is 4.91. The molecular formula is C31H27N5O6. The molecule has 11 nitrogen and oxygen atoms in total. The summed E-state index contributed by atoms with van der Waals surface area (Å²) in [5.41, 5.74) is 2.14. The van der Waals surface area contributed by atoms with Crippen LogP contribution in [0.15, 0.2) is 94.0 Å². The Hall–Kier alpha value is -5.58. The minimum absolute atomic E-state index is 0.00486. The van der Waals surface area contributed by atoms with E-state index in [1.54, 1.807) is 25.1 Å². The average molecular weight is 566 g/mol. The van der Waals surface area contributed by atoms with Crippen molar-refractivity contribution in [2.75, 3.05) is 27.9 Å². The van der Waals surface area contributed by atoms with Gasteiger partial charge >= 0.3 is 11.9 Å². The van der Waals surface area contributed by atoms with E-state index >= 15 is 0 Å². The van der Waals surface area contributed by atoms with Gasteiger partial charge in [0.25, 0.3) is 11.8 Å². The number of rotatable bonds is 8. The van der Waals surface area contributed by atoms with Gasteiger partial charge in [-0.25, -0.2) is 14.6 Å². The fourth-order valence-corrected chi connectivity index (χ4v) is 4.91. The van der Waals surface area contributed by atoms with E-state index in [2.05, 4.69) is 28.8 Å². The number of amidine groups is 1. The number of anilines is 3. The summed E-state index contributed by atoms with van der Waals surface area (Å²) in [4.78, 5) is 59.1. The molecule has 0 spiro atoms. The van der Waals surface area contributed by atoms with Gasteiger partial charge in [0.2, 0.25) is 0 Å². The number of fused-ring (bicyclic) bond motifs is 1. The molecule has 0 aromatic heterocycles. The molecule has 0 aliphatic carbocycles. The van der Waals surface area contributed by atoms with Gasteiger partial charge in [0.05, 0.1) is 33.8 Å². The van der Waals surface area contributed by atoms with Crippen molar-refractivity contribution >= 4 is 58.0 Å². The molecule has 2 amide bonds.